The summed E-state index contributed by atoms with van der Waals surface area (Å²) in [5.41, 5.74) is 1.07. The first kappa shape index (κ1) is 31.9. The number of nitrogens with zero attached hydrogens (tertiary/aromatic N) is 4. The van der Waals surface area contributed by atoms with Gasteiger partial charge in [0.2, 0.25) is 0 Å². The summed E-state index contributed by atoms with van der Waals surface area (Å²) >= 11 is 0. The number of aromatic nitrogens is 4. The van der Waals surface area contributed by atoms with E-state index in [1.807, 2.05) is 0 Å². The van der Waals surface area contributed by atoms with Gasteiger partial charge in [-0.2, -0.15) is 13.2 Å². The maximum atomic E-state index is 13.5. The lowest BCUT2D eigenvalue weighted by Gasteiger charge is -2.20. The average molecular weight is 609 g/mol. The molecule has 2 heterocycles. The van der Waals surface area contributed by atoms with Gasteiger partial charge in [0.05, 0.1) is 24.3 Å². The van der Waals surface area contributed by atoms with E-state index in [4.69, 9.17) is 9.47 Å². The molecular formula is C31H31F3N6O4. The predicted octanol–water partition coefficient (Wildman–Crippen LogP) is 6.14. The second-order valence-electron chi connectivity index (χ2n) is 10.8. The summed E-state index contributed by atoms with van der Waals surface area (Å²) in [6, 6.07) is 11.3. The fraction of sp³-hybridized carbons (Fsp3) is 0.290. The summed E-state index contributed by atoms with van der Waals surface area (Å²) in [7, 11) is 1.44. The van der Waals surface area contributed by atoms with Gasteiger partial charge in [0.1, 0.15) is 11.3 Å². The molecule has 2 amide bonds. The molecule has 10 nitrogen and oxygen atoms in total. The van der Waals surface area contributed by atoms with Gasteiger partial charge in [-0.25, -0.2) is 24.7 Å². The Bertz CT molecular complexity index is 1620. The summed E-state index contributed by atoms with van der Waals surface area (Å²) in [5, 5.41) is 5.47. The van der Waals surface area contributed by atoms with Crippen LogP contribution in [0.1, 0.15) is 60.9 Å². The lowest BCUT2D eigenvalue weighted by molar-refractivity contribution is -0.137. The number of carbonyl (C=O) groups excluding carboxylic acids is 2. The Morgan fingerprint density at radius 2 is 1.61 bits per heavy atom. The third kappa shape index (κ3) is 8.27. The first-order chi connectivity index (χ1) is 20.7. The number of alkyl halides is 3. The Morgan fingerprint density at radius 1 is 0.932 bits per heavy atom. The molecule has 230 valence electrons. The third-order valence-corrected chi connectivity index (χ3v) is 6.29. The van der Waals surface area contributed by atoms with E-state index < -0.39 is 35.4 Å². The molecule has 2 aromatic heterocycles. The minimum atomic E-state index is -4.55. The van der Waals surface area contributed by atoms with Gasteiger partial charge in [-0.05, 0) is 68.1 Å². The van der Waals surface area contributed by atoms with Crippen LogP contribution in [0, 0.1) is 0 Å². The maximum Gasteiger partial charge on any atom is 0.416 e. The Hall–Kier alpha value is -5.07. The van der Waals surface area contributed by atoms with Crippen LogP contribution in [-0.4, -0.2) is 44.6 Å². The van der Waals surface area contributed by atoms with Gasteiger partial charge in [-0.15, -0.1) is 0 Å². The lowest BCUT2D eigenvalue weighted by Crippen LogP contribution is -2.32. The number of methoxy groups -OCH3 is 1. The SMILES string of the molecule is COc1ncc(-c2nccc(C(=O)N[C@H](C)c3ccc(-c4cc(C(F)(F)F)ccc4CNC(=O)OC(C)(C)C)cc3)n2)cn1. The average Bonchev–Trinajstić information content (AvgIpc) is 2.99. The zero-order valence-corrected chi connectivity index (χ0v) is 24.7. The van der Waals surface area contributed by atoms with Gasteiger partial charge in [0.15, 0.2) is 5.82 Å². The number of ether oxygens (including phenoxy) is 2. The molecule has 0 aliphatic carbocycles. The van der Waals surface area contributed by atoms with E-state index in [0.717, 1.165) is 12.1 Å². The Morgan fingerprint density at radius 3 is 2.23 bits per heavy atom. The minimum absolute atomic E-state index is 0.0415. The molecule has 1 atom stereocenters. The zero-order valence-electron chi connectivity index (χ0n) is 24.7. The zero-order chi connectivity index (χ0) is 32.1. The molecule has 0 aliphatic heterocycles. The van der Waals surface area contributed by atoms with Gasteiger partial charge in [-0.1, -0.05) is 30.3 Å². The molecule has 0 saturated carbocycles. The fourth-order valence-corrected chi connectivity index (χ4v) is 4.12. The van der Waals surface area contributed by atoms with Crippen molar-refractivity contribution < 1.29 is 32.2 Å². The third-order valence-electron chi connectivity index (χ3n) is 6.29. The normalized spacial score (nSPS) is 12.3. The molecule has 0 bridgehead atoms. The second kappa shape index (κ2) is 13.1. The standard InChI is InChI=1S/C31H31F3N6O4/c1-18(39-27(41)25-12-13-35-26(40-25)22-16-36-28(43-5)37-17-22)19-6-8-20(9-7-19)24-14-23(31(32,33)34)11-10-21(24)15-38-29(42)44-30(2,3)4/h6-14,16-18H,15H2,1-5H3,(H,38,42)(H,39,41)/t18-/m1/s1. The van der Waals surface area contributed by atoms with Crippen molar-refractivity contribution in [3.8, 4) is 28.5 Å². The van der Waals surface area contributed by atoms with Crippen LogP contribution in [0.5, 0.6) is 6.01 Å². The molecule has 4 rings (SSSR count). The Balaban J connectivity index is 1.51. The van der Waals surface area contributed by atoms with E-state index in [-0.39, 0.29) is 24.1 Å². The molecule has 0 fully saturated rings. The molecule has 0 radical (unpaired) electrons. The van der Waals surface area contributed by atoms with Gasteiger partial charge in [0.25, 0.3) is 5.91 Å². The minimum Gasteiger partial charge on any atom is -0.467 e. The predicted molar refractivity (Wildman–Crippen MR) is 155 cm³/mol. The largest absolute Gasteiger partial charge is 0.467 e. The topological polar surface area (TPSA) is 128 Å². The number of benzene rings is 2. The highest BCUT2D eigenvalue weighted by molar-refractivity contribution is 5.92. The molecule has 0 spiro atoms. The van der Waals surface area contributed by atoms with Crippen molar-refractivity contribution in [2.24, 2.45) is 0 Å². The Kier molecular flexibility index (Phi) is 9.46. The highest BCUT2D eigenvalue weighted by atomic mass is 19.4. The van der Waals surface area contributed by atoms with Gasteiger partial charge in [0, 0.05) is 25.1 Å². The van der Waals surface area contributed by atoms with E-state index in [0.29, 0.717) is 27.8 Å². The van der Waals surface area contributed by atoms with Crippen LogP contribution in [0.4, 0.5) is 18.0 Å². The molecule has 2 aromatic carbocycles. The molecule has 0 saturated heterocycles. The number of hydrogen-bond donors (Lipinski definition) is 2. The van der Waals surface area contributed by atoms with Crippen molar-refractivity contribution in [1.29, 1.82) is 0 Å². The van der Waals surface area contributed by atoms with Crippen LogP contribution in [0.3, 0.4) is 0 Å². The number of halogens is 3. The van der Waals surface area contributed by atoms with Crippen LogP contribution in [0.25, 0.3) is 22.5 Å². The first-order valence-electron chi connectivity index (χ1n) is 13.5. The molecule has 44 heavy (non-hydrogen) atoms. The van der Waals surface area contributed by atoms with Crippen molar-refractivity contribution in [3.05, 3.63) is 89.5 Å². The van der Waals surface area contributed by atoms with E-state index in [2.05, 4.69) is 30.6 Å². The molecule has 13 heteroatoms. The molecule has 0 unspecified atom stereocenters. The lowest BCUT2D eigenvalue weighted by atomic mass is 9.95. The van der Waals surface area contributed by atoms with Crippen LogP contribution < -0.4 is 15.4 Å². The van der Waals surface area contributed by atoms with E-state index in [1.54, 1.807) is 52.0 Å². The second-order valence-corrected chi connectivity index (χ2v) is 10.8. The maximum absolute atomic E-state index is 13.5. The number of alkyl carbamates (subject to hydrolysis) is 1. The number of carbonyl (C=O) groups is 2. The quantitative estimate of drug-likeness (QED) is 0.244. The summed E-state index contributed by atoms with van der Waals surface area (Å²) in [4.78, 5) is 41.7. The molecule has 2 N–H and O–H groups in total. The first-order valence-corrected chi connectivity index (χ1v) is 13.5. The van der Waals surface area contributed by atoms with Crippen molar-refractivity contribution >= 4 is 12.0 Å². The van der Waals surface area contributed by atoms with Gasteiger partial charge >= 0.3 is 18.3 Å². The van der Waals surface area contributed by atoms with Crippen molar-refractivity contribution in [3.63, 3.8) is 0 Å². The van der Waals surface area contributed by atoms with Crippen molar-refractivity contribution in [1.82, 2.24) is 30.6 Å². The van der Waals surface area contributed by atoms with Crippen LogP contribution in [-0.2, 0) is 17.5 Å². The van der Waals surface area contributed by atoms with Crippen molar-refractivity contribution in [2.45, 2.75) is 52.1 Å². The highest BCUT2D eigenvalue weighted by Gasteiger charge is 2.31. The van der Waals surface area contributed by atoms with E-state index >= 15 is 0 Å². The molecule has 4 aromatic rings. The van der Waals surface area contributed by atoms with Crippen molar-refractivity contribution in [2.75, 3.05) is 7.11 Å². The summed E-state index contributed by atoms with van der Waals surface area (Å²) in [5.74, 6) is -0.191. The van der Waals surface area contributed by atoms with Crippen LogP contribution in [0.15, 0.2) is 67.1 Å². The summed E-state index contributed by atoms with van der Waals surface area (Å²) in [6.07, 6.45) is -0.819. The van der Waals surface area contributed by atoms with E-state index in [1.165, 1.54) is 37.8 Å². The van der Waals surface area contributed by atoms with Gasteiger partial charge in [-0.3, -0.25) is 4.79 Å². The number of nitrogens with one attached hydrogen (secondary N) is 2. The monoisotopic (exact) mass is 608 g/mol. The van der Waals surface area contributed by atoms with Crippen LogP contribution >= 0.6 is 0 Å². The highest BCUT2D eigenvalue weighted by Crippen LogP contribution is 2.34. The number of rotatable bonds is 8. The van der Waals surface area contributed by atoms with Crippen LogP contribution in [0.2, 0.25) is 0 Å². The fourth-order valence-electron chi connectivity index (χ4n) is 4.12. The molecule has 0 aliphatic rings. The number of amides is 2. The van der Waals surface area contributed by atoms with Gasteiger partial charge < -0.3 is 20.1 Å². The summed E-state index contributed by atoms with van der Waals surface area (Å²) < 4.78 is 50.8. The number of hydrogen-bond acceptors (Lipinski definition) is 8. The smallest absolute Gasteiger partial charge is 0.416 e. The van der Waals surface area contributed by atoms with E-state index in [9.17, 15) is 22.8 Å². The Labute approximate surface area is 252 Å². The molecular weight excluding hydrogens is 577 g/mol. The summed E-state index contributed by atoms with van der Waals surface area (Å²) in [6.45, 7) is 6.87.